The molecule has 0 aliphatic heterocycles. The number of hydrogen-bond acceptors (Lipinski definition) is 4. The van der Waals surface area contributed by atoms with E-state index in [2.05, 4.69) is 6.58 Å². The van der Waals surface area contributed by atoms with Gasteiger partial charge < -0.3 is 9.47 Å². The van der Waals surface area contributed by atoms with E-state index in [0.717, 1.165) is 15.7 Å². The van der Waals surface area contributed by atoms with E-state index in [0.29, 0.717) is 23.6 Å². The van der Waals surface area contributed by atoms with Crippen molar-refractivity contribution >= 4 is 0 Å². The lowest BCUT2D eigenvalue weighted by molar-refractivity contribution is 0.272. The van der Waals surface area contributed by atoms with E-state index < -0.39 is 0 Å². The lowest BCUT2D eigenvalue weighted by atomic mass is 10.1. The van der Waals surface area contributed by atoms with Crippen molar-refractivity contribution in [3.8, 4) is 11.5 Å². The summed E-state index contributed by atoms with van der Waals surface area (Å²) in [6, 6.07) is 5.28. The normalized spacial score (nSPS) is 10.5. The number of benzene rings is 1. The lowest BCUT2D eigenvalue weighted by Gasteiger charge is -2.17. The van der Waals surface area contributed by atoms with Crippen LogP contribution in [0.25, 0.3) is 0 Å². The smallest absolute Gasteiger partial charge is 0.330 e. The fourth-order valence-electron chi connectivity index (χ4n) is 2.50. The fraction of sp³-hybridized carbons (Fsp3) is 0.333. The summed E-state index contributed by atoms with van der Waals surface area (Å²) in [6.45, 7) is 5.83. The lowest BCUT2D eigenvalue weighted by Crippen LogP contribution is -2.38. The zero-order valence-corrected chi connectivity index (χ0v) is 14.5. The molecule has 0 unspecified atom stereocenters. The Hall–Kier alpha value is -2.76. The zero-order valence-electron chi connectivity index (χ0n) is 14.5. The van der Waals surface area contributed by atoms with Gasteiger partial charge in [0.15, 0.2) is 11.5 Å². The summed E-state index contributed by atoms with van der Waals surface area (Å²) in [7, 11) is 4.63. The predicted octanol–water partition coefficient (Wildman–Crippen LogP) is 1.71. The molecule has 1 heterocycles. The third kappa shape index (κ3) is 3.42. The van der Waals surface area contributed by atoms with Gasteiger partial charge in [-0.05, 0) is 25.0 Å². The summed E-state index contributed by atoms with van der Waals surface area (Å²) >= 11 is 0. The number of aromatic nitrogens is 2. The van der Waals surface area contributed by atoms with E-state index in [1.54, 1.807) is 20.2 Å². The highest BCUT2D eigenvalue weighted by Crippen LogP contribution is 2.33. The van der Waals surface area contributed by atoms with Gasteiger partial charge in [0.1, 0.15) is 6.61 Å². The van der Waals surface area contributed by atoms with Gasteiger partial charge in [-0.2, -0.15) is 0 Å². The van der Waals surface area contributed by atoms with Crippen molar-refractivity contribution in [2.24, 2.45) is 14.1 Å². The van der Waals surface area contributed by atoms with E-state index >= 15 is 0 Å². The first-order valence-corrected chi connectivity index (χ1v) is 7.56. The van der Waals surface area contributed by atoms with Crippen molar-refractivity contribution in [1.82, 2.24) is 9.13 Å². The van der Waals surface area contributed by atoms with Crippen LogP contribution >= 0.6 is 0 Å². The van der Waals surface area contributed by atoms with Crippen molar-refractivity contribution in [3.05, 3.63) is 68.5 Å². The largest absolute Gasteiger partial charge is 0.493 e. The molecule has 0 saturated carbocycles. The van der Waals surface area contributed by atoms with Gasteiger partial charge >= 0.3 is 5.69 Å². The summed E-state index contributed by atoms with van der Waals surface area (Å²) in [5.41, 5.74) is 1.74. The molecule has 2 rings (SSSR count). The van der Waals surface area contributed by atoms with Crippen LogP contribution in [0.4, 0.5) is 0 Å². The van der Waals surface area contributed by atoms with Crippen LogP contribution in [0.15, 0.2) is 40.4 Å². The van der Waals surface area contributed by atoms with Crippen molar-refractivity contribution in [2.75, 3.05) is 7.11 Å². The maximum atomic E-state index is 12.0. The van der Waals surface area contributed by atoms with Crippen LogP contribution < -0.4 is 20.7 Å². The number of allylic oxidation sites excluding steroid dienone is 1. The van der Waals surface area contributed by atoms with Crippen molar-refractivity contribution in [2.45, 2.75) is 20.0 Å². The molecule has 0 radical (unpaired) electrons. The Morgan fingerprint density at radius 1 is 1.17 bits per heavy atom. The summed E-state index contributed by atoms with van der Waals surface area (Å²) in [4.78, 5) is 23.8. The quantitative estimate of drug-likeness (QED) is 0.757. The van der Waals surface area contributed by atoms with Gasteiger partial charge in [0.05, 0.1) is 12.8 Å². The first kappa shape index (κ1) is 17.6. The molecular weight excluding hydrogens is 308 g/mol. The van der Waals surface area contributed by atoms with Gasteiger partial charge in [0.2, 0.25) is 0 Å². The van der Waals surface area contributed by atoms with E-state index in [1.165, 1.54) is 17.7 Å². The van der Waals surface area contributed by atoms with Crippen molar-refractivity contribution in [3.63, 3.8) is 0 Å². The Labute approximate surface area is 140 Å². The molecule has 6 nitrogen and oxygen atoms in total. The number of aryl methyl sites for hydroxylation is 1. The summed E-state index contributed by atoms with van der Waals surface area (Å²) in [6.07, 6.45) is 2.41. The highest BCUT2D eigenvalue weighted by molar-refractivity contribution is 5.50. The number of ether oxygens (including phenoxy) is 2. The van der Waals surface area contributed by atoms with Crippen LogP contribution in [0, 0.1) is 6.92 Å². The van der Waals surface area contributed by atoms with Gasteiger partial charge in [-0.1, -0.05) is 12.1 Å². The number of methoxy groups -OCH3 is 1. The van der Waals surface area contributed by atoms with Crippen LogP contribution in [0.2, 0.25) is 0 Å². The molecule has 1 aromatic carbocycles. The Bertz CT molecular complexity index is 878. The SMILES string of the molecule is C=CCc1cc(C)cc(OC)c1OCc1cc(=O)n(C)c(=O)n1C. The summed E-state index contributed by atoms with van der Waals surface area (Å²) in [5.74, 6) is 1.21. The molecule has 0 bridgehead atoms. The monoisotopic (exact) mass is 330 g/mol. The molecule has 1 aromatic heterocycles. The van der Waals surface area contributed by atoms with Gasteiger partial charge in [0, 0.05) is 25.7 Å². The molecule has 0 fully saturated rings. The number of rotatable bonds is 6. The molecule has 128 valence electrons. The minimum absolute atomic E-state index is 0.0887. The molecule has 2 aromatic rings. The molecule has 0 aliphatic carbocycles. The Balaban J connectivity index is 2.41. The third-order valence-corrected chi connectivity index (χ3v) is 3.85. The van der Waals surface area contributed by atoms with E-state index in [1.807, 2.05) is 19.1 Å². The van der Waals surface area contributed by atoms with Gasteiger partial charge in [-0.15, -0.1) is 6.58 Å². The maximum Gasteiger partial charge on any atom is 0.330 e. The van der Waals surface area contributed by atoms with Crippen LogP contribution in [-0.4, -0.2) is 16.2 Å². The second kappa shape index (κ2) is 7.21. The average molecular weight is 330 g/mol. The van der Waals surface area contributed by atoms with Gasteiger partial charge in [-0.25, -0.2) is 4.79 Å². The number of nitrogens with zero attached hydrogens (tertiary/aromatic N) is 2. The van der Waals surface area contributed by atoms with E-state index in [9.17, 15) is 9.59 Å². The highest BCUT2D eigenvalue weighted by Gasteiger charge is 2.13. The topological polar surface area (TPSA) is 62.5 Å². The maximum absolute atomic E-state index is 12.0. The molecular formula is C18H22N2O4. The minimum atomic E-state index is -0.386. The number of hydrogen-bond donors (Lipinski definition) is 0. The highest BCUT2D eigenvalue weighted by atomic mass is 16.5. The van der Waals surface area contributed by atoms with Crippen LogP contribution in [-0.2, 0) is 27.1 Å². The molecule has 0 amide bonds. The third-order valence-electron chi connectivity index (χ3n) is 3.85. The molecule has 0 spiro atoms. The van der Waals surface area contributed by atoms with Gasteiger partial charge in [-0.3, -0.25) is 13.9 Å². The molecule has 6 heteroatoms. The van der Waals surface area contributed by atoms with Crippen LogP contribution in [0.3, 0.4) is 0 Å². The van der Waals surface area contributed by atoms with Gasteiger partial charge in [0.25, 0.3) is 5.56 Å². The van der Waals surface area contributed by atoms with E-state index in [4.69, 9.17) is 9.47 Å². The predicted molar refractivity (Wildman–Crippen MR) is 92.9 cm³/mol. The van der Waals surface area contributed by atoms with Crippen LogP contribution in [0.5, 0.6) is 11.5 Å². The average Bonchev–Trinajstić information content (AvgIpc) is 2.56. The summed E-state index contributed by atoms with van der Waals surface area (Å²) < 4.78 is 13.8. The van der Waals surface area contributed by atoms with Crippen LogP contribution in [0.1, 0.15) is 16.8 Å². The minimum Gasteiger partial charge on any atom is -0.493 e. The molecule has 0 saturated heterocycles. The Morgan fingerprint density at radius 2 is 1.88 bits per heavy atom. The first-order chi connectivity index (χ1) is 11.4. The second-order valence-corrected chi connectivity index (χ2v) is 5.61. The van der Waals surface area contributed by atoms with Crippen molar-refractivity contribution in [1.29, 1.82) is 0 Å². The molecule has 0 N–H and O–H groups in total. The van der Waals surface area contributed by atoms with E-state index in [-0.39, 0.29) is 17.9 Å². The Kier molecular flexibility index (Phi) is 5.28. The van der Waals surface area contributed by atoms with Crippen molar-refractivity contribution < 1.29 is 9.47 Å². The first-order valence-electron chi connectivity index (χ1n) is 7.56. The Morgan fingerprint density at radius 3 is 2.50 bits per heavy atom. The zero-order chi connectivity index (χ0) is 17.9. The second-order valence-electron chi connectivity index (χ2n) is 5.61. The molecule has 0 atom stereocenters. The standard InChI is InChI=1S/C18H22N2O4/c1-6-7-13-8-12(2)9-15(23-5)17(13)24-11-14-10-16(21)20(4)18(22)19(14)3/h6,8-10H,1,7,11H2,2-5H3. The fourth-order valence-corrected chi connectivity index (χ4v) is 2.50. The molecule has 0 aliphatic rings. The molecule has 24 heavy (non-hydrogen) atoms. The summed E-state index contributed by atoms with van der Waals surface area (Å²) in [5, 5.41) is 0.